The van der Waals surface area contributed by atoms with E-state index >= 15 is 0 Å². The van der Waals surface area contributed by atoms with Gasteiger partial charge in [-0.3, -0.25) is 15.0 Å². The standard InChI is InChI=1S/C10H10N2O2S/c13-9-4-5-12(10(14)11-9)7-2-1-3-8(15)6-7/h1-3,6,15H,4-5H2,(H,11,13,14). The summed E-state index contributed by atoms with van der Waals surface area (Å²) in [5.74, 6) is -0.224. The van der Waals surface area contributed by atoms with Crippen LogP contribution in [-0.2, 0) is 4.79 Å². The summed E-state index contributed by atoms with van der Waals surface area (Å²) in [5, 5.41) is 2.27. The second kappa shape index (κ2) is 3.94. The summed E-state index contributed by atoms with van der Waals surface area (Å²) in [6.45, 7) is 0.419. The molecule has 0 unspecified atom stereocenters. The molecule has 0 saturated carbocycles. The third kappa shape index (κ3) is 2.12. The normalized spacial score (nSPS) is 16.5. The van der Waals surface area contributed by atoms with E-state index in [0.717, 1.165) is 10.6 Å². The monoisotopic (exact) mass is 222 g/mol. The Hall–Kier alpha value is -1.49. The van der Waals surface area contributed by atoms with Crippen molar-refractivity contribution in [2.45, 2.75) is 11.3 Å². The van der Waals surface area contributed by atoms with Gasteiger partial charge in [0.25, 0.3) is 0 Å². The number of urea groups is 1. The Morgan fingerprint density at radius 2 is 2.13 bits per heavy atom. The summed E-state index contributed by atoms with van der Waals surface area (Å²) in [6, 6.07) is 6.89. The summed E-state index contributed by atoms with van der Waals surface area (Å²) in [5.41, 5.74) is 0.757. The molecule has 5 heteroatoms. The van der Waals surface area contributed by atoms with Gasteiger partial charge in [-0.05, 0) is 18.2 Å². The smallest absolute Gasteiger partial charge is 0.294 e. The lowest BCUT2D eigenvalue weighted by molar-refractivity contribution is -0.120. The molecule has 15 heavy (non-hydrogen) atoms. The van der Waals surface area contributed by atoms with Crippen molar-refractivity contribution < 1.29 is 9.59 Å². The highest BCUT2D eigenvalue weighted by Crippen LogP contribution is 2.20. The molecule has 1 aliphatic rings. The zero-order valence-electron chi connectivity index (χ0n) is 7.93. The number of nitrogens with zero attached hydrogens (tertiary/aromatic N) is 1. The molecule has 0 radical (unpaired) electrons. The Bertz CT molecular complexity index is 420. The maximum Gasteiger partial charge on any atom is 0.328 e. The van der Waals surface area contributed by atoms with Gasteiger partial charge < -0.3 is 0 Å². The topological polar surface area (TPSA) is 49.4 Å². The lowest BCUT2D eigenvalue weighted by atomic mass is 10.2. The van der Waals surface area contributed by atoms with Crippen molar-refractivity contribution in [2.75, 3.05) is 11.4 Å². The Balaban J connectivity index is 2.24. The Morgan fingerprint density at radius 3 is 2.80 bits per heavy atom. The Labute approximate surface area is 92.7 Å². The molecule has 2 rings (SSSR count). The first-order chi connectivity index (χ1) is 7.16. The molecule has 1 aromatic rings. The quantitative estimate of drug-likeness (QED) is 0.706. The van der Waals surface area contributed by atoms with Crippen LogP contribution in [0.5, 0.6) is 0 Å². The molecule has 0 bridgehead atoms. The van der Waals surface area contributed by atoms with Crippen LogP contribution >= 0.6 is 12.6 Å². The van der Waals surface area contributed by atoms with Gasteiger partial charge in [-0.15, -0.1) is 12.6 Å². The van der Waals surface area contributed by atoms with E-state index in [1.165, 1.54) is 4.90 Å². The molecule has 1 heterocycles. The van der Waals surface area contributed by atoms with Gasteiger partial charge >= 0.3 is 6.03 Å². The van der Waals surface area contributed by atoms with Crippen LogP contribution in [0.4, 0.5) is 10.5 Å². The predicted molar refractivity (Wildman–Crippen MR) is 59.2 cm³/mol. The fourth-order valence-electron chi connectivity index (χ4n) is 1.47. The third-order valence-corrected chi connectivity index (χ3v) is 2.47. The first-order valence-corrected chi connectivity index (χ1v) is 5.02. The summed E-state index contributed by atoms with van der Waals surface area (Å²) < 4.78 is 0. The molecule has 1 N–H and O–H groups in total. The van der Waals surface area contributed by atoms with E-state index in [9.17, 15) is 9.59 Å². The summed E-state index contributed by atoms with van der Waals surface area (Å²) >= 11 is 4.20. The minimum absolute atomic E-state index is 0.224. The van der Waals surface area contributed by atoms with E-state index in [1.807, 2.05) is 18.2 Å². The van der Waals surface area contributed by atoms with Crippen LogP contribution in [0, 0.1) is 0 Å². The van der Waals surface area contributed by atoms with E-state index in [0.29, 0.717) is 13.0 Å². The van der Waals surface area contributed by atoms with Crippen molar-refractivity contribution in [3.05, 3.63) is 24.3 Å². The highest BCUT2D eigenvalue weighted by atomic mass is 32.1. The molecule has 3 amide bonds. The zero-order valence-corrected chi connectivity index (χ0v) is 8.83. The van der Waals surface area contributed by atoms with Crippen molar-refractivity contribution in [3.63, 3.8) is 0 Å². The van der Waals surface area contributed by atoms with Crippen molar-refractivity contribution >= 4 is 30.3 Å². The average molecular weight is 222 g/mol. The number of rotatable bonds is 1. The molecule has 4 nitrogen and oxygen atoms in total. The number of amides is 3. The molecule has 1 aliphatic heterocycles. The SMILES string of the molecule is O=C1CCN(c2cccc(S)c2)C(=O)N1. The van der Waals surface area contributed by atoms with Crippen LogP contribution in [0.3, 0.4) is 0 Å². The van der Waals surface area contributed by atoms with Crippen LogP contribution in [0.15, 0.2) is 29.2 Å². The molecule has 1 aromatic carbocycles. The van der Waals surface area contributed by atoms with Crippen LogP contribution in [0.1, 0.15) is 6.42 Å². The number of benzene rings is 1. The lowest BCUT2D eigenvalue weighted by Crippen LogP contribution is -2.49. The summed E-state index contributed by atoms with van der Waals surface area (Å²) in [4.78, 5) is 24.7. The van der Waals surface area contributed by atoms with Crippen LogP contribution in [-0.4, -0.2) is 18.5 Å². The molecule has 0 aromatic heterocycles. The van der Waals surface area contributed by atoms with Crippen LogP contribution < -0.4 is 10.2 Å². The molecule has 1 fully saturated rings. The number of anilines is 1. The Kier molecular flexibility index (Phi) is 2.64. The number of imide groups is 1. The molecule has 0 aliphatic carbocycles. The third-order valence-electron chi connectivity index (χ3n) is 2.20. The number of nitrogens with one attached hydrogen (secondary N) is 1. The molecular weight excluding hydrogens is 212 g/mol. The average Bonchev–Trinajstić information content (AvgIpc) is 2.17. The minimum Gasteiger partial charge on any atom is -0.294 e. The minimum atomic E-state index is -0.370. The number of hydrogen-bond acceptors (Lipinski definition) is 3. The maximum absolute atomic E-state index is 11.5. The zero-order chi connectivity index (χ0) is 10.8. The largest absolute Gasteiger partial charge is 0.328 e. The number of hydrogen-bond donors (Lipinski definition) is 2. The van der Waals surface area contributed by atoms with E-state index in [-0.39, 0.29) is 11.9 Å². The van der Waals surface area contributed by atoms with E-state index in [2.05, 4.69) is 17.9 Å². The van der Waals surface area contributed by atoms with Crippen LogP contribution in [0.2, 0.25) is 0 Å². The molecule has 0 spiro atoms. The van der Waals surface area contributed by atoms with Crippen molar-refractivity contribution in [1.82, 2.24) is 5.32 Å². The highest BCUT2D eigenvalue weighted by molar-refractivity contribution is 7.80. The lowest BCUT2D eigenvalue weighted by Gasteiger charge is -2.26. The summed E-state index contributed by atoms with van der Waals surface area (Å²) in [7, 11) is 0. The second-order valence-corrected chi connectivity index (χ2v) is 3.79. The summed E-state index contributed by atoms with van der Waals surface area (Å²) in [6.07, 6.45) is 0.336. The van der Waals surface area contributed by atoms with E-state index in [1.54, 1.807) is 6.07 Å². The van der Waals surface area contributed by atoms with Gasteiger partial charge in [0, 0.05) is 23.5 Å². The number of carbonyl (C=O) groups is 2. The molecule has 0 atom stereocenters. The van der Waals surface area contributed by atoms with Gasteiger partial charge in [-0.2, -0.15) is 0 Å². The van der Waals surface area contributed by atoms with Gasteiger partial charge in [0.1, 0.15) is 0 Å². The van der Waals surface area contributed by atoms with Gasteiger partial charge in [-0.25, -0.2) is 4.79 Å². The molecule has 1 saturated heterocycles. The van der Waals surface area contributed by atoms with Gasteiger partial charge in [0.15, 0.2) is 0 Å². The maximum atomic E-state index is 11.5. The molecular formula is C10H10N2O2S. The van der Waals surface area contributed by atoms with Crippen molar-refractivity contribution in [3.8, 4) is 0 Å². The fourth-order valence-corrected chi connectivity index (χ4v) is 1.69. The predicted octanol–water partition coefficient (Wildman–Crippen LogP) is 1.42. The Morgan fingerprint density at radius 1 is 1.33 bits per heavy atom. The fraction of sp³-hybridized carbons (Fsp3) is 0.200. The molecule has 78 valence electrons. The first kappa shape index (κ1) is 10.0. The van der Waals surface area contributed by atoms with Gasteiger partial charge in [0.2, 0.25) is 5.91 Å². The van der Waals surface area contributed by atoms with E-state index in [4.69, 9.17) is 0 Å². The number of thiol groups is 1. The first-order valence-electron chi connectivity index (χ1n) is 4.57. The van der Waals surface area contributed by atoms with Gasteiger partial charge in [-0.1, -0.05) is 6.07 Å². The second-order valence-electron chi connectivity index (χ2n) is 3.27. The van der Waals surface area contributed by atoms with E-state index < -0.39 is 0 Å². The van der Waals surface area contributed by atoms with Gasteiger partial charge in [0.05, 0.1) is 0 Å². The van der Waals surface area contributed by atoms with Crippen molar-refractivity contribution in [2.24, 2.45) is 0 Å². The van der Waals surface area contributed by atoms with Crippen LogP contribution in [0.25, 0.3) is 0 Å². The number of carbonyl (C=O) groups excluding carboxylic acids is 2. The van der Waals surface area contributed by atoms with Crippen molar-refractivity contribution in [1.29, 1.82) is 0 Å². The highest BCUT2D eigenvalue weighted by Gasteiger charge is 2.23.